The number of pyridine rings is 1. The number of aliphatic hydroxyl groups is 1. The fourth-order valence-corrected chi connectivity index (χ4v) is 1.66. The zero-order valence-corrected chi connectivity index (χ0v) is 10.6. The van der Waals surface area contributed by atoms with Crippen LogP contribution in [0.25, 0.3) is 0 Å². The number of hydrogen-bond acceptors (Lipinski definition) is 4. The second kappa shape index (κ2) is 6.63. The summed E-state index contributed by atoms with van der Waals surface area (Å²) < 4.78 is 13.1. The van der Waals surface area contributed by atoms with E-state index in [1.165, 1.54) is 18.3 Å². The molecular weight excluding hydrogens is 261 g/mol. The van der Waals surface area contributed by atoms with Gasteiger partial charge in [-0.1, -0.05) is 6.07 Å². The van der Waals surface area contributed by atoms with Gasteiger partial charge in [-0.25, -0.2) is 9.37 Å². The average molecular weight is 275 g/mol. The maximum absolute atomic E-state index is 13.1. The lowest BCUT2D eigenvalue weighted by atomic mass is 10.2. The first-order valence-corrected chi connectivity index (χ1v) is 6.07. The van der Waals surface area contributed by atoms with Crippen molar-refractivity contribution in [2.75, 3.05) is 18.5 Å². The van der Waals surface area contributed by atoms with Gasteiger partial charge >= 0.3 is 0 Å². The van der Waals surface area contributed by atoms with Crippen molar-refractivity contribution in [3.05, 3.63) is 54.0 Å². The highest BCUT2D eigenvalue weighted by molar-refractivity contribution is 5.99. The molecule has 1 heterocycles. The van der Waals surface area contributed by atoms with Gasteiger partial charge in [-0.15, -0.1) is 0 Å². The molecule has 0 aliphatic carbocycles. The van der Waals surface area contributed by atoms with Crippen LogP contribution in [0.4, 0.5) is 15.9 Å². The topological polar surface area (TPSA) is 74.2 Å². The SMILES string of the molecule is O=C(NCCO)c1cccnc1Nc1cccc(F)c1. The Kier molecular flexibility index (Phi) is 4.62. The molecule has 0 aliphatic heterocycles. The molecule has 104 valence electrons. The number of nitrogens with zero attached hydrogens (tertiary/aromatic N) is 1. The quantitative estimate of drug-likeness (QED) is 0.776. The number of benzene rings is 1. The van der Waals surface area contributed by atoms with E-state index in [1.807, 2.05) is 0 Å². The van der Waals surface area contributed by atoms with Gasteiger partial charge in [0.25, 0.3) is 5.91 Å². The predicted molar refractivity (Wildman–Crippen MR) is 73.3 cm³/mol. The number of aliphatic hydroxyl groups excluding tert-OH is 1. The van der Waals surface area contributed by atoms with Crippen molar-refractivity contribution in [3.63, 3.8) is 0 Å². The monoisotopic (exact) mass is 275 g/mol. The van der Waals surface area contributed by atoms with Crippen molar-refractivity contribution in [3.8, 4) is 0 Å². The highest BCUT2D eigenvalue weighted by Crippen LogP contribution is 2.18. The van der Waals surface area contributed by atoms with Crippen molar-refractivity contribution in [1.29, 1.82) is 0 Å². The number of hydrogen-bond donors (Lipinski definition) is 3. The summed E-state index contributed by atoms with van der Waals surface area (Å²) in [4.78, 5) is 16.0. The van der Waals surface area contributed by atoms with Crippen LogP contribution in [0.3, 0.4) is 0 Å². The summed E-state index contributed by atoms with van der Waals surface area (Å²) in [5.74, 6) is -0.406. The highest BCUT2D eigenvalue weighted by atomic mass is 19.1. The third-order valence-electron chi connectivity index (χ3n) is 2.54. The van der Waals surface area contributed by atoms with Gasteiger partial charge in [0.15, 0.2) is 0 Å². The zero-order valence-electron chi connectivity index (χ0n) is 10.6. The lowest BCUT2D eigenvalue weighted by molar-refractivity contribution is 0.0945. The first-order valence-electron chi connectivity index (χ1n) is 6.07. The van der Waals surface area contributed by atoms with E-state index in [2.05, 4.69) is 15.6 Å². The normalized spacial score (nSPS) is 10.1. The Balaban J connectivity index is 2.21. The minimum Gasteiger partial charge on any atom is -0.395 e. The summed E-state index contributed by atoms with van der Waals surface area (Å²) in [5, 5.41) is 14.1. The average Bonchev–Trinajstić information content (AvgIpc) is 2.45. The Morgan fingerprint density at radius 3 is 2.90 bits per heavy atom. The van der Waals surface area contributed by atoms with E-state index >= 15 is 0 Å². The van der Waals surface area contributed by atoms with E-state index in [4.69, 9.17) is 5.11 Å². The van der Waals surface area contributed by atoms with Crippen molar-refractivity contribution in [2.45, 2.75) is 0 Å². The number of halogens is 1. The lowest BCUT2D eigenvalue weighted by Crippen LogP contribution is -2.27. The third kappa shape index (κ3) is 3.52. The number of anilines is 2. The van der Waals surface area contributed by atoms with Gasteiger partial charge in [0.1, 0.15) is 11.6 Å². The van der Waals surface area contributed by atoms with Gasteiger partial charge in [-0.3, -0.25) is 4.79 Å². The van der Waals surface area contributed by atoms with Gasteiger partial charge in [0.2, 0.25) is 0 Å². The standard InChI is InChI=1S/C14H14FN3O2/c15-10-3-1-4-11(9-10)18-13-12(5-2-6-16-13)14(20)17-7-8-19/h1-6,9,19H,7-8H2,(H,16,18)(H,17,20). The molecule has 0 atom stereocenters. The van der Waals surface area contributed by atoms with Crippen LogP contribution in [0.5, 0.6) is 0 Å². The zero-order chi connectivity index (χ0) is 14.4. The van der Waals surface area contributed by atoms with E-state index in [-0.39, 0.29) is 24.9 Å². The van der Waals surface area contributed by atoms with Crippen LogP contribution in [0.2, 0.25) is 0 Å². The molecule has 5 nitrogen and oxygen atoms in total. The van der Waals surface area contributed by atoms with Gasteiger partial charge in [0, 0.05) is 18.4 Å². The van der Waals surface area contributed by atoms with Crippen molar-refractivity contribution >= 4 is 17.4 Å². The summed E-state index contributed by atoms with van der Waals surface area (Å²) in [6, 6.07) is 9.10. The molecule has 0 saturated carbocycles. The molecule has 0 unspecified atom stereocenters. The van der Waals surface area contributed by atoms with Gasteiger partial charge in [-0.05, 0) is 30.3 Å². The maximum atomic E-state index is 13.1. The van der Waals surface area contributed by atoms with Crippen LogP contribution in [-0.4, -0.2) is 29.1 Å². The first kappa shape index (κ1) is 14.0. The summed E-state index contributed by atoms with van der Waals surface area (Å²) in [7, 11) is 0. The van der Waals surface area contributed by atoms with Gasteiger partial charge in [-0.2, -0.15) is 0 Å². The molecule has 2 rings (SSSR count). The fourth-order valence-electron chi connectivity index (χ4n) is 1.66. The molecule has 0 fully saturated rings. The van der Waals surface area contributed by atoms with Crippen LogP contribution in [-0.2, 0) is 0 Å². The fraction of sp³-hybridized carbons (Fsp3) is 0.143. The molecule has 0 saturated heterocycles. The van der Waals surface area contributed by atoms with Crippen molar-refractivity contribution in [2.24, 2.45) is 0 Å². The molecule has 20 heavy (non-hydrogen) atoms. The largest absolute Gasteiger partial charge is 0.395 e. The molecule has 2 aromatic rings. The smallest absolute Gasteiger partial charge is 0.255 e. The van der Waals surface area contributed by atoms with Crippen molar-refractivity contribution in [1.82, 2.24) is 10.3 Å². The summed E-state index contributed by atoms with van der Waals surface area (Å²) in [6.45, 7) is 0.0196. The van der Waals surface area contributed by atoms with E-state index in [0.717, 1.165) is 0 Å². The lowest BCUT2D eigenvalue weighted by Gasteiger charge is -2.10. The predicted octanol–water partition coefficient (Wildman–Crippen LogP) is 1.69. The molecule has 0 aliphatic rings. The minimum absolute atomic E-state index is 0.140. The Morgan fingerprint density at radius 2 is 2.15 bits per heavy atom. The molecule has 0 radical (unpaired) electrons. The first-order chi connectivity index (χ1) is 9.70. The van der Waals surface area contributed by atoms with Crippen LogP contribution < -0.4 is 10.6 Å². The van der Waals surface area contributed by atoms with Crippen LogP contribution in [0.1, 0.15) is 10.4 Å². The minimum atomic E-state index is -0.378. The molecule has 0 spiro atoms. The highest BCUT2D eigenvalue weighted by Gasteiger charge is 2.11. The summed E-state index contributed by atoms with van der Waals surface area (Å²) in [6.07, 6.45) is 1.53. The Bertz CT molecular complexity index is 604. The number of rotatable bonds is 5. The Labute approximate surface area is 115 Å². The second-order valence-electron chi connectivity index (χ2n) is 4.01. The number of aromatic nitrogens is 1. The Hall–Kier alpha value is -2.47. The molecule has 3 N–H and O–H groups in total. The van der Waals surface area contributed by atoms with E-state index in [9.17, 15) is 9.18 Å². The summed E-state index contributed by atoms with van der Waals surface area (Å²) >= 11 is 0. The van der Waals surface area contributed by atoms with Crippen LogP contribution in [0.15, 0.2) is 42.6 Å². The molecule has 0 bridgehead atoms. The molecule has 1 aromatic carbocycles. The number of nitrogens with one attached hydrogen (secondary N) is 2. The van der Waals surface area contributed by atoms with E-state index < -0.39 is 0 Å². The third-order valence-corrected chi connectivity index (χ3v) is 2.54. The molecule has 6 heteroatoms. The van der Waals surface area contributed by atoms with Crippen molar-refractivity contribution < 1.29 is 14.3 Å². The van der Waals surface area contributed by atoms with Crippen LogP contribution >= 0.6 is 0 Å². The van der Waals surface area contributed by atoms with Crippen LogP contribution in [0, 0.1) is 5.82 Å². The molecule has 1 amide bonds. The molecular formula is C14H14FN3O2. The maximum Gasteiger partial charge on any atom is 0.255 e. The number of amides is 1. The number of carbonyl (C=O) groups is 1. The number of carbonyl (C=O) groups excluding carboxylic acids is 1. The van der Waals surface area contributed by atoms with Gasteiger partial charge in [0.05, 0.1) is 12.2 Å². The summed E-state index contributed by atoms with van der Waals surface area (Å²) in [5.41, 5.74) is 0.824. The second-order valence-corrected chi connectivity index (χ2v) is 4.01. The van der Waals surface area contributed by atoms with E-state index in [0.29, 0.717) is 17.1 Å². The molecule has 1 aromatic heterocycles. The van der Waals surface area contributed by atoms with Gasteiger partial charge < -0.3 is 15.7 Å². The Morgan fingerprint density at radius 1 is 1.30 bits per heavy atom. The van der Waals surface area contributed by atoms with E-state index in [1.54, 1.807) is 24.3 Å².